The van der Waals surface area contributed by atoms with E-state index in [2.05, 4.69) is 61.3 Å². The molecular formula is C18H30N2O. The van der Waals surface area contributed by atoms with Gasteiger partial charge in [0.2, 0.25) is 0 Å². The Morgan fingerprint density at radius 2 is 1.95 bits per heavy atom. The molecule has 2 rings (SSSR count). The molecule has 0 aromatic heterocycles. The number of benzene rings is 1. The van der Waals surface area contributed by atoms with Gasteiger partial charge in [0, 0.05) is 45.4 Å². The molecule has 1 saturated heterocycles. The molecular weight excluding hydrogens is 260 g/mol. The van der Waals surface area contributed by atoms with E-state index in [0.29, 0.717) is 17.5 Å². The zero-order valence-electron chi connectivity index (χ0n) is 13.9. The van der Waals surface area contributed by atoms with Crippen LogP contribution in [0.3, 0.4) is 0 Å². The van der Waals surface area contributed by atoms with E-state index in [9.17, 15) is 0 Å². The molecule has 1 aromatic rings. The van der Waals surface area contributed by atoms with Gasteiger partial charge in [0.25, 0.3) is 0 Å². The third kappa shape index (κ3) is 4.53. The largest absolute Gasteiger partial charge is 0.385 e. The van der Waals surface area contributed by atoms with Gasteiger partial charge < -0.3 is 10.1 Å². The lowest BCUT2D eigenvalue weighted by Crippen LogP contribution is -2.57. The van der Waals surface area contributed by atoms with Crippen LogP contribution in [0.25, 0.3) is 0 Å². The predicted molar refractivity (Wildman–Crippen MR) is 88.5 cm³/mol. The number of ether oxygens (including phenoxy) is 1. The summed E-state index contributed by atoms with van der Waals surface area (Å²) in [5.41, 5.74) is 1.68. The summed E-state index contributed by atoms with van der Waals surface area (Å²) < 4.78 is 5.22. The van der Waals surface area contributed by atoms with Crippen LogP contribution in [-0.2, 0) is 4.74 Å². The maximum atomic E-state index is 5.22. The molecule has 3 nitrogen and oxygen atoms in total. The fourth-order valence-electron chi connectivity index (χ4n) is 3.23. The Bertz CT molecular complexity index is 413. The van der Waals surface area contributed by atoms with Gasteiger partial charge in [0.1, 0.15) is 0 Å². The van der Waals surface area contributed by atoms with E-state index in [1.807, 2.05) is 0 Å². The minimum absolute atomic E-state index is 0.293. The van der Waals surface area contributed by atoms with Crippen molar-refractivity contribution in [2.24, 2.45) is 5.41 Å². The second kappa shape index (κ2) is 7.39. The van der Waals surface area contributed by atoms with Crippen molar-refractivity contribution >= 4 is 0 Å². The second-order valence-electron chi connectivity index (χ2n) is 7.09. The Labute approximate surface area is 129 Å². The average Bonchev–Trinajstić information content (AvgIpc) is 2.47. The van der Waals surface area contributed by atoms with Crippen molar-refractivity contribution < 1.29 is 4.74 Å². The summed E-state index contributed by atoms with van der Waals surface area (Å²) in [5, 5.41) is 3.74. The van der Waals surface area contributed by atoms with Crippen molar-refractivity contribution in [1.29, 1.82) is 0 Å². The van der Waals surface area contributed by atoms with Crippen molar-refractivity contribution in [2.45, 2.75) is 39.3 Å². The summed E-state index contributed by atoms with van der Waals surface area (Å²) >= 11 is 0. The van der Waals surface area contributed by atoms with Gasteiger partial charge in [-0.1, -0.05) is 51.1 Å². The van der Waals surface area contributed by atoms with Gasteiger partial charge in [-0.05, 0) is 17.4 Å². The Kier molecular flexibility index (Phi) is 5.80. The standard InChI is InChI=1S/C18H30N2O/c1-18(2,3)17-13-19-16(15-9-6-5-7-10-15)14-20(17)11-8-12-21-4/h5-7,9-10,16-17,19H,8,11-14H2,1-4H3. The first-order valence-electron chi connectivity index (χ1n) is 8.03. The lowest BCUT2D eigenvalue weighted by Gasteiger charge is -2.46. The number of nitrogens with one attached hydrogen (secondary N) is 1. The molecule has 2 unspecified atom stereocenters. The summed E-state index contributed by atoms with van der Waals surface area (Å²) in [6, 6.07) is 11.8. The van der Waals surface area contributed by atoms with Crippen LogP contribution in [0.5, 0.6) is 0 Å². The molecule has 0 saturated carbocycles. The monoisotopic (exact) mass is 290 g/mol. The quantitative estimate of drug-likeness (QED) is 0.843. The lowest BCUT2D eigenvalue weighted by molar-refractivity contribution is 0.0477. The molecule has 1 aliphatic heterocycles. The van der Waals surface area contributed by atoms with Crippen molar-refractivity contribution in [1.82, 2.24) is 10.2 Å². The number of methoxy groups -OCH3 is 1. The number of hydrogen-bond donors (Lipinski definition) is 1. The first-order valence-corrected chi connectivity index (χ1v) is 8.03. The Hall–Kier alpha value is -0.900. The molecule has 118 valence electrons. The van der Waals surface area contributed by atoms with E-state index >= 15 is 0 Å². The number of piperazine rings is 1. The van der Waals surface area contributed by atoms with E-state index in [4.69, 9.17) is 4.74 Å². The lowest BCUT2D eigenvalue weighted by atomic mass is 9.83. The average molecular weight is 290 g/mol. The zero-order chi connectivity index (χ0) is 15.3. The van der Waals surface area contributed by atoms with Gasteiger partial charge >= 0.3 is 0 Å². The van der Waals surface area contributed by atoms with E-state index < -0.39 is 0 Å². The van der Waals surface area contributed by atoms with Crippen LogP contribution in [0.2, 0.25) is 0 Å². The van der Waals surface area contributed by atoms with E-state index in [-0.39, 0.29) is 0 Å². The van der Waals surface area contributed by atoms with Crippen molar-refractivity contribution in [3.8, 4) is 0 Å². The highest BCUT2D eigenvalue weighted by Gasteiger charge is 2.35. The van der Waals surface area contributed by atoms with Gasteiger partial charge in [-0.25, -0.2) is 0 Å². The molecule has 0 amide bonds. The highest BCUT2D eigenvalue weighted by molar-refractivity contribution is 5.20. The highest BCUT2D eigenvalue weighted by Crippen LogP contribution is 2.29. The SMILES string of the molecule is COCCCN1CC(c2ccccc2)NCC1C(C)(C)C. The maximum absolute atomic E-state index is 5.22. The minimum Gasteiger partial charge on any atom is -0.385 e. The molecule has 1 heterocycles. The first kappa shape index (κ1) is 16.5. The topological polar surface area (TPSA) is 24.5 Å². The Balaban J connectivity index is 2.05. The second-order valence-corrected chi connectivity index (χ2v) is 7.09. The summed E-state index contributed by atoms with van der Waals surface area (Å²) in [5.74, 6) is 0. The number of hydrogen-bond acceptors (Lipinski definition) is 3. The molecule has 21 heavy (non-hydrogen) atoms. The van der Waals surface area contributed by atoms with E-state index in [1.54, 1.807) is 7.11 Å². The third-order valence-corrected chi connectivity index (χ3v) is 4.41. The highest BCUT2D eigenvalue weighted by atomic mass is 16.5. The van der Waals surface area contributed by atoms with Crippen molar-refractivity contribution in [3.63, 3.8) is 0 Å². The van der Waals surface area contributed by atoms with Gasteiger partial charge in [0.05, 0.1) is 0 Å². The molecule has 1 aliphatic rings. The summed E-state index contributed by atoms with van der Waals surface area (Å²) in [6.45, 7) is 11.1. The van der Waals surface area contributed by atoms with Crippen molar-refractivity contribution in [2.75, 3.05) is 33.4 Å². The van der Waals surface area contributed by atoms with Crippen LogP contribution in [0, 0.1) is 5.41 Å². The molecule has 3 heteroatoms. The molecule has 0 aliphatic carbocycles. The van der Waals surface area contributed by atoms with Crippen LogP contribution in [-0.4, -0.2) is 44.3 Å². The van der Waals surface area contributed by atoms with Crippen molar-refractivity contribution in [3.05, 3.63) is 35.9 Å². The van der Waals surface area contributed by atoms with Crippen LogP contribution < -0.4 is 5.32 Å². The van der Waals surface area contributed by atoms with Crippen LogP contribution >= 0.6 is 0 Å². The maximum Gasteiger partial charge on any atom is 0.0474 e. The number of rotatable bonds is 5. The Morgan fingerprint density at radius 3 is 2.57 bits per heavy atom. The molecule has 0 radical (unpaired) electrons. The number of nitrogens with zero attached hydrogens (tertiary/aromatic N) is 1. The summed E-state index contributed by atoms with van der Waals surface area (Å²) in [4.78, 5) is 2.65. The van der Waals surface area contributed by atoms with Gasteiger partial charge in [-0.2, -0.15) is 0 Å². The van der Waals surface area contributed by atoms with E-state index in [1.165, 1.54) is 5.56 Å². The smallest absolute Gasteiger partial charge is 0.0474 e. The molecule has 1 fully saturated rings. The van der Waals surface area contributed by atoms with Gasteiger partial charge in [-0.15, -0.1) is 0 Å². The zero-order valence-corrected chi connectivity index (χ0v) is 13.9. The summed E-state index contributed by atoms with van der Waals surface area (Å²) in [7, 11) is 1.78. The van der Waals surface area contributed by atoms with E-state index in [0.717, 1.165) is 32.7 Å². The minimum atomic E-state index is 0.293. The van der Waals surface area contributed by atoms with Gasteiger partial charge in [-0.3, -0.25) is 4.90 Å². The molecule has 2 atom stereocenters. The predicted octanol–water partition coefficient (Wildman–Crippen LogP) is 3.08. The molecule has 1 aromatic carbocycles. The third-order valence-electron chi connectivity index (χ3n) is 4.41. The first-order chi connectivity index (χ1) is 10.0. The fourth-order valence-corrected chi connectivity index (χ4v) is 3.23. The van der Waals surface area contributed by atoms with Gasteiger partial charge in [0.15, 0.2) is 0 Å². The molecule has 0 bridgehead atoms. The Morgan fingerprint density at radius 1 is 1.24 bits per heavy atom. The molecule has 1 N–H and O–H groups in total. The van der Waals surface area contributed by atoms with Crippen LogP contribution in [0.1, 0.15) is 38.8 Å². The fraction of sp³-hybridized carbons (Fsp3) is 0.667. The molecule has 0 spiro atoms. The summed E-state index contributed by atoms with van der Waals surface area (Å²) in [6.07, 6.45) is 1.10. The normalized spacial score (nSPS) is 24.2. The van der Waals surface area contributed by atoms with Crippen LogP contribution in [0.4, 0.5) is 0 Å². The van der Waals surface area contributed by atoms with Crippen LogP contribution in [0.15, 0.2) is 30.3 Å².